The summed E-state index contributed by atoms with van der Waals surface area (Å²) in [4.78, 5) is 12.2. The number of nitrogens with one attached hydrogen (secondary N) is 1. The van der Waals surface area contributed by atoms with Gasteiger partial charge in [0.25, 0.3) is 0 Å². The van der Waals surface area contributed by atoms with Gasteiger partial charge in [0.1, 0.15) is 11.3 Å². The van der Waals surface area contributed by atoms with Crippen molar-refractivity contribution in [1.29, 1.82) is 0 Å². The highest BCUT2D eigenvalue weighted by molar-refractivity contribution is 5.82. The van der Waals surface area contributed by atoms with E-state index in [1.165, 1.54) is 7.11 Å². The molecule has 1 N–H and O–H groups in total. The van der Waals surface area contributed by atoms with Gasteiger partial charge in [0.2, 0.25) is 0 Å². The second-order valence-electron chi connectivity index (χ2n) is 4.78. The van der Waals surface area contributed by atoms with Gasteiger partial charge < -0.3 is 9.47 Å². The van der Waals surface area contributed by atoms with Crippen molar-refractivity contribution in [2.24, 2.45) is 0 Å². The predicted octanol–water partition coefficient (Wildman–Crippen LogP) is 2.47. The van der Waals surface area contributed by atoms with E-state index in [1.54, 1.807) is 7.11 Å². The third kappa shape index (κ3) is 3.26. The van der Waals surface area contributed by atoms with Crippen LogP contribution >= 0.6 is 0 Å². The number of carbonyl (C=O) groups is 1. The topological polar surface area (TPSA) is 47.6 Å². The highest BCUT2D eigenvalue weighted by Gasteiger charge is 2.40. The van der Waals surface area contributed by atoms with E-state index in [4.69, 9.17) is 9.47 Å². The molecule has 0 spiro atoms. The van der Waals surface area contributed by atoms with E-state index < -0.39 is 5.54 Å². The summed E-state index contributed by atoms with van der Waals surface area (Å²) in [5, 5.41) is 3.33. The van der Waals surface area contributed by atoms with Gasteiger partial charge in [-0.25, -0.2) is 4.79 Å². The maximum Gasteiger partial charge on any atom is 0.330 e. The predicted molar refractivity (Wildman–Crippen MR) is 75.3 cm³/mol. The molecule has 0 saturated carbocycles. The Hall–Kier alpha value is -1.55. The first-order valence-corrected chi connectivity index (χ1v) is 6.50. The maximum absolute atomic E-state index is 12.2. The lowest BCUT2D eigenvalue weighted by Gasteiger charge is -2.33. The molecule has 0 radical (unpaired) electrons. The Balaban J connectivity index is 3.23. The van der Waals surface area contributed by atoms with Crippen molar-refractivity contribution in [3.05, 3.63) is 29.8 Å². The molecule has 0 amide bonds. The zero-order valence-electron chi connectivity index (χ0n) is 12.3. The van der Waals surface area contributed by atoms with Crippen LogP contribution in [-0.2, 0) is 15.1 Å². The fourth-order valence-electron chi connectivity index (χ4n) is 2.25. The monoisotopic (exact) mass is 265 g/mol. The second kappa shape index (κ2) is 6.57. The van der Waals surface area contributed by atoms with Crippen LogP contribution in [-0.4, -0.2) is 26.2 Å². The van der Waals surface area contributed by atoms with E-state index >= 15 is 0 Å². The Morgan fingerprint density at radius 1 is 1.26 bits per heavy atom. The van der Waals surface area contributed by atoms with Crippen molar-refractivity contribution in [1.82, 2.24) is 5.32 Å². The van der Waals surface area contributed by atoms with E-state index in [0.29, 0.717) is 6.42 Å². The van der Waals surface area contributed by atoms with Crippen LogP contribution in [0, 0.1) is 0 Å². The number of rotatable bonds is 6. The minimum atomic E-state index is -0.810. The van der Waals surface area contributed by atoms with E-state index in [9.17, 15) is 4.79 Å². The summed E-state index contributed by atoms with van der Waals surface area (Å²) in [6, 6.07) is 7.67. The fourth-order valence-corrected chi connectivity index (χ4v) is 2.25. The van der Waals surface area contributed by atoms with Gasteiger partial charge in [-0.15, -0.1) is 0 Å². The molecule has 1 aromatic rings. The molecule has 19 heavy (non-hydrogen) atoms. The minimum Gasteiger partial charge on any atom is -0.497 e. The molecule has 0 fully saturated rings. The summed E-state index contributed by atoms with van der Waals surface area (Å²) in [5.74, 6) is 0.497. The number of ether oxygens (including phenoxy) is 2. The standard InChI is InChI=1S/C15H23NO3/c1-6-15(14(17)19-5,16-11(2)3)12-7-9-13(18-4)10-8-12/h7-11,16H,6H2,1-5H3. The molecule has 4 nitrogen and oxygen atoms in total. The van der Waals surface area contributed by atoms with Crippen molar-refractivity contribution in [2.45, 2.75) is 38.8 Å². The maximum atomic E-state index is 12.2. The molecule has 0 aliphatic heterocycles. The molecule has 1 unspecified atom stereocenters. The van der Waals surface area contributed by atoms with Crippen LogP contribution in [0.25, 0.3) is 0 Å². The van der Waals surface area contributed by atoms with Gasteiger partial charge in [0, 0.05) is 6.04 Å². The third-order valence-corrected chi connectivity index (χ3v) is 3.18. The molecule has 1 aromatic carbocycles. The SMILES string of the molecule is CCC(NC(C)C)(C(=O)OC)c1ccc(OC)cc1. The lowest BCUT2D eigenvalue weighted by atomic mass is 9.86. The van der Waals surface area contributed by atoms with Crippen molar-refractivity contribution in [3.63, 3.8) is 0 Å². The van der Waals surface area contributed by atoms with Gasteiger partial charge in [-0.2, -0.15) is 0 Å². The highest BCUT2D eigenvalue weighted by Crippen LogP contribution is 2.29. The molecule has 0 saturated heterocycles. The molecular weight excluding hydrogens is 242 g/mol. The lowest BCUT2D eigenvalue weighted by Crippen LogP contribution is -2.52. The van der Waals surface area contributed by atoms with Gasteiger partial charge in [-0.05, 0) is 38.0 Å². The normalized spacial score (nSPS) is 14.0. The van der Waals surface area contributed by atoms with Gasteiger partial charge >= 0.3 is 5.97 Å². The van der Waals surface area contributed by atoms with E-state index in [1.807, 2.05) is 45.0 Å². The van der Waals surface area contributed by atoms with Crippen molar-refractivity contribution in [3.8, 4) is 5.75 Å². The van der Waals surface area contributed by atoms with Gasteiger partial charge in [-0.1, -0.05) is 19.1 Å². The summed E-state index contributed by atoms with van der Waals surface area (Å²) in [6.07, 6.45) is 0.615. The van der Waals surface area contributed by atoms with Gasteiger partial charge in [0.05, 0.1) is 14.2 Å². The molecule has 1 atom stereocenters. The summed E-state index contributed by atoms with van der Waals surface area (Å²) in [5.41, 5.74) is 0.0752. The molecule has 0 aliphatic rings. The highest BCUT2D eigenvalue weighted by atomic mass is 16.5. The fraction of sp³-hybridized carbons (Fsp3) is 0.533. The van der Waals surface area contributed by atoms with Crippen molar-refractivity contribution < 1.29 is 14.3 Å². The van der Waals surface area contributed by atoms with Crippen LogP contribution in [0.15, 0.2) is 24.3 Å². The van der Waals surface area contributed by atoms with E-state index in [-0.39, 0.29) is 12.0 Å². The van der Waals surface area contributed by atoms with Crippen molar-refractivity contribution in [2.75, 3.05) is 14.2 Å². The molecule has 0 heterocycles. The van der Waals surface area contributed by atoms with Crippen LogP contribution in [0.4, 0.5) is 0 Å². The number of esters is 1. The minimum absolute atomic E-state index is 0.168. The summed E-state index contributed by atoms with van der Waals surface area (Å²) < 4.78 is 10.1. The zero-order chi connectivity index (χ0) is 14.5. The Kier molecular flexibility index (Phi) is 5.36. The van der Waals surface area contributed by atoms with Gasteiger partial charge in [0.15, 0.2) is 0 Å². The van der Waals surface area contributed by atoms with Crippen LogP contribution in [0.5, 0.6) is 5.75 Å². The summed E-state index contributed by atoms with van der Waals surface area (Å²) in [6.45, 7) is 5.99. The molecule has 1 rings (SSSR count). The molecule has 106 valence electrons. The van der Waals surface area contributed by atoms with Crippen LogP contribution in [0.1, 0.15) is 32.8 Å². The average Bonchev–Trinajstić information content (AvgIpc) is 2.43. The molecular formula is C15H23NO3. The third-order valence-electron chi connectivity index (χ3n) is 3.18. The van der Waals surface area contributed by atoms with Crippen molar-refractivity contribution >= 4 is 5.97 Å². The Labute approximate surface area is 115 Å². The molecule has 4 heteroatoms. The Morgan fingerprint density at radius 2 is 1.84 bits per heavy atom. The number of hydrogen-bond acceptors (Lipinski definition) is 4. The number of methoxy groups -OCH3 is 2. The largest absolute Gasteiger partial charge is 0.497 e. The Bertz CT molecular complexity index is 414. The molecule has 0 aliphatic carbocycles. The van der Waals surface area contributed by atoms with Crippen LogP contribution in [0.2, 0.25) is 0 Å². The number of hydrogen-bond donors (Lipinski definition) is 1. The van der Waals surface area contributed by atoms with Crippen LogP contribution in [0.3, 0.4) is 0 Å². The van der Waals surface area contributed by atoms with E-state index in [2.05, 4.69) is 5.32 Å². The number of carbonyl (C=O) groups excluding carboxylic acids is 1. The molecule has 0 aromatic heterocycles. The van der Waals surface area contributed by atoms with Crippen LogP contribution < -0.4 is 10.1 Å². The average molecular weight is 265 g/mol. The summed E-state index contributed by atoms with van der Waals surface area (Å²) in [7, 11) is 3.03. The number of benzene rings is 1. The van der Waals surface area contributed by atoms with E-state index in [0.717, 1.165) is 11.3 Å². The molecule has 0 bridgehead atoms. The zero-order valence-corrected chi connectivity index (χ0v) is 12.3. The first-order chi connectivity index (χ1) is 9.00. The first-order valence-electron chi connectivity index (χ1n) is 6.50. The smallest absolute Gasteiger partial charge is 0.330 e. The quantitative estimate of drug-likeness (QED) is 0.803. The summed E-state index contributed by atoms with van der Waals surface area (Å²) >= 11 is 0. The first kappa shape index (κ1) is 15.5. The van der Waals surface area contributed by atoms with Gasteiger partial charge in [-0.3, -0.25) is 5.32 Å². The second-order valence-corrected chi connectivity index (χ2v) is 4.78. The lowest BCUT2D eigenvalue weighted by molar-refractivity contribution is -0.149. The Morgan fingerprint density at radius 3 is 2.21 bits per heavy atom.